The molecule has 0 aromatic heterocycles. The van der Waals surface area contributed by atoms with Gasteiger partial charge in [0.1, 0.15) is 0 Å². The lowest BCUT2D eigenvalue weighted by Gasteiger charge is -2.14. The van der Waals surface area contributed by atoms with Crippen molar-refractivity contribution in [3.05, 3.63) is 35.4 Å². The quantitative estimate of drug-likeness (QED) is 0.814. The van der Waals surface area contributed by atoms with Crippen molar-refractivity contribution in [1.29, 1.82) is 5.26 Å². The lowest BCUT2D eigenvalue weighted by Crippen LogP contribution is -2.22. The zero-order valence-electron chi connectivity index (χ0n) is 9.20. The Morgan fingerprint density at radius 3 is 2.87 bits per heavy atom. The molecule has 0 heterocycles. The van der Waals surface area contributed by atoms with Crippen molar-refractivity contribution in [2.45, 2.75) is 32.4 Å². The molecule has 1 aromatic carbocycles. The summed E-state index contributed by atoms with van der Waals surface area (Å²) in [6.07, 6.45) is 1.28. The molecule has 0 saturated heterocycles. The van der Waals surface area contributed by atoms with Gasteiger partial charge >= 0.3 is 0 Å². The van der Waals surface area contributed by atoms with E-state index in [0.29, 0.717) is 12.1 Å². The first kappa shape index (κ1) is 10.2. The zero-order valence-corrected chi connectivity index (χ0v) is 9.20. The first-order valence-corrected chi connectivity index (χ1v) is 5.47. The highest BCUT2D eigenvalue weighted by atomic mass is 15.0. The summed E-state index contributed by atoms with van der Waals surface area (Å²) in [6, 6.07) is 11.0. The fraction of sp³-hybridized carbons (Fsp3) is 0.462. The van der Waals surface area contributed by atoms with Crippen molar-refractivity contribution in [3.8, 4) is 6.07 Å². The molecule has 1 aromatic rings. The summed E-state index contributed by atoms with van der Waals surface area (Å²) in [5, 5.41) is 12.4. The smallest absolute Gasteiger partial charge is 0.0991 e. The van der Waals surface area contributed by atoms with E-state index in [1.165, 1.54) is 12.0 Å². The molecule has 1 N–H and O–H groups in total. The summed E-state index contributed by atoms with van der Waals surface area (Å²) < 4.78 is 0. The molecule has 3 atom stereocenters. The Morgan fingerprint density at radius 1 is 1.53 bits per heavy atom. The Hall–Kier alpha value is -1.33. The fourth-order valence-electron chi connectivity index (χ4n) is 1.85. The van der Waals surface area contributed by atoms with E-state index < -0.39 is 0 Å². The molecule has 1 saturated carbocycles. The van der Waals surface area contributed by atoms with Crippen LogP contribution in [0.5, 0.6) is 0 Å². The second-order valence-electron chi connectivity index (χ2n) is 4.45. The summed E-state index contributed by atoms with van der Waals surface area (Å²) in [5.74, 6) is 0.812. The molecule has 1 aliphatic rings. The van der Waals surface area contributed by atoms with Crippen LogP contribution in [0.2, 0.25) is 0 Å². The topological polar surface area (TPSA) is 35.8 Å². The predicted octanol–water partition coefficient (Wildman–Crippen LogP) is 2.62. The summed E-state index contributed by atoms with van der Waals surface area (Å²) in [5.41, 5.74) is 1.94. The van der Waals surface area contributed by atoms with Gasteiger partial charge in [0.2, 0.25) is 0 Å². The van der Waals surface area contributed by atoms with Crippen molar-refractivity contribution in [2.24, 2.45) is 5.92 Å². The summed E-state index contributed by atoms with van der Waals surface area (Å²) in [7, 11) is 0. The lowest BCUT2D eigenvalue weighted by molar-refractivity contribution is 0.552. The molecule has 0 spiro atoms. The van der Waals surface area contributed by atoms with Crippen LogP contribution in [-0.4, -0.2) is 6.04 Å². The van der Waals surface area contributed by atoms with Crippen LogP contribution in [0.1, 0.15) is 37.4 Å². The van der Waals surface area contributed by atoms with Gasteiger partial charge in [-0.1, -0.05) is 19.1 Å². The van der Waals surface area contributed by atoms with E-state index in [1.807, 2.05) is 18.2 Å². The molecule has 78 valence electrons. The van der Waals surface area contributed by atoms with Crippen molar-refractivity contribution < 1.29 is 0 Å². The number of nitriles is 1. The van der Waals surface area contributed by atoms with Gasteiger partial charge in [-0.15, -0.1) is 0 Å². The lowest BCUT2D eigenvalue weighted by atomic mass is 10.1. The standard InChI is InChI=1S/C13H16N2/c1-9-6-13(9)15-10(2)12-5-3-4-11(7-12)8-14/h3-5,7,9-10,13,15H,6H2,1-2H3. The maximum absolute atomic E-state index is 8.81. The Kier molecular flexibility index (Phi) is 2.75. The minimum Gasteiger partial charge on any atom is -0.307 e. The molecule has 2 nitrogen and oxygen atoms in total. The van der Waals surface area contributed by atoms with Crippen molar-refractivity contribution in [3.63, 3.8) is 0 Å². The molecule has 0 amide bonds. The van der Waals surface area contributed by atoms with Crippen molar-refractivity contribution >= 4 is 0 Å². The van der Waals surface area contributed by atoms with Crippen LogP contribution < -0.4 is 5.32 Å². The van der Waals surface area contributed by atoms with E-state index in [9.17, 15) is 0 Å². The van der Waals surface area contributed by atoms with Crippen molar-refractivity contribution in [2.75, 3.05) is 0 Å². The number of hydrogen-bond acceptors (Lipinski definition) is 2. The van der Waals surface area contributed by atoms with Gasteiger partial charge in [0.15, 0.2) is 0 Å². The molecule has 2 rings (SSSR count). The van der Waals surface area contributed by atoms with E-state index in [0.717, 1.165) is 11.5 Å². The van der Waals surface area contributed by atoms with Gasteiger partial charge in [-0.2, -0.15) is 5.26 Å². The minimum atomic E-state index is 0.341. The monoisotopic (exact) mass is 200 g/mol. The average Bonchev–Trinajstić information content (AvgIpc) is 2.94. The van der Waals surface area contributed by atoms with Crippen LogP contribution in [0.15, 0.2) is 24.3 Å². The largest absolute Gasteiger partial charge is 0.307 e. The van der Waals surface area contributed by atoms with Gasteiger partial charge in [-0.3, -0.25) is 0 Å². The number of benzene rings is 1. The Bertz CT molecular complexity index is 392. The second kappa shape index (κ2) is 4.04. The predicted molar refractivity (Wildman–Crippen MR) is 60.3 cm³/mol. The normalized spacial score (nSPS) is 25.7. The number of nitrogens with one attached hydrogen (secondary N) is 1. The van der Waals surface area contributed by atoms with Crippen LogP contribution in [0.4, 0.5) is 0 Å². The Balaban J connectivity index is 2.04. The van der Waals surface area contributed by atoms with E-state index >= 15 is 0 Å². The minimum absolute atomic E-state index is 0.341. The summed E-state index contributed by atoms with van der Waals surface area (Å²) >= 11 is 0. The molecule has 1 fully saturated rings. The van der Waals surface area contributed by atoms with Crippen LogP contribution in [0.25, 0.3) is 0 Å². The fourth-order valence-corrected chi connectivity index (χ4v) is 1.85. The SMILES string of the molecule is CC(NC1CC1C)c1cccc(C#N)c1. The first-order chi connectivity index (χ1) is 7.20. The van der Waals surface area contributed by atoms with E-state index in [2.05, 4.69) is 31.3 Å². The first-order valence-electron chi connectivity index (χ1n) is 5.47. The van der Waals surface area contributed by atoms with E-state index in [4.69, 9.17) is 5.26 Å². The summed E-state index contributed by atoms with van der Waals surface area (Å²) in [4.78, 5) is 0. The van der Waals surface area contributed by atoms with Gasteiger partial charge in [0.05, 0.1) is 11.6 Å². The third-order valence-corrected chi connectivity index (χ3v) is 3.09. The number of hydrogen-bond donors (Lipinski definition) is 1. The Labute approximate surface area is 90.9 Å². The van der Waals surface area contributed by atoms with Gasteiger partial charge in [-0.25, -0.2) is 0 Å². The molecule has 0 bridgehead atoms. The Morgan fingerprint density at radius 2 is 2.27 bits per heavy atom. The van der Waals surface area contributed by atoms with Gasteiger partial charge in [0.25, 0.3) is 0 Å². The molecule has 2 heteroatoms. The molecule has 0 aliphatic heterocycles. The highest BCUT2D eigenvalue weighted by Crippen LogP contribution is 2.31. The van der Waals surface area contributed by atoms with Crippen LogP contribution >= 0.6 is 0 Å². The third kappa shape index (κ3) is 2.37. The van der Waals surface area contributed by atoms with Crippen LogP contribution in [0.3, 0.4) is 0 Å². The maximum Gasteiger partial charge on any atom is 0.0991 e. The summed E-state index contributed by atoms with van der Waals surface area (Å²) in [6.45, 7) is 4.41. The molecule has 0 radical (unpaired) electrons. The average molecular weight is 200 g/mol. The van der Waals surface area contributed by atoms with Gasteiger partial charge in [0, 0.05) is 12.1 Å². The molecule has 1 aliphatic carbocycles. The maximum atomic E-state index is 8.81. The highest BCUT2D eigenvalue weighted by molar-refractivity contribution is 5.34. The molecular weight excluding hydrogens is 184 g/mol. The van der Waals surface area contributed by atoms with Gasteiger partial charge < -0.3 is 5.32 Å². The number of nitrogens with zero attached hydrogens (tertiary/aromatic N) is 1. The van der Waals surface area contributed by atoms with E-state index in [-0.39, 0.29) is 0 Å². The van der Waals surface area contributed by atoms with E-state index in [1.54, 1.807) is 0 Å². The third-order valence-electron chi connectivity index (χ3n) is 3.09. The number of rotatable bonds is 3. The van der Waals surface area contributed by atoms with Crippen molar-refractivity contribution in [1.82, 2.24) is 5.32 Å². The second-order valence-corrected chi connectivity index (χ2v) is 4.45. The molecule has 3 unspecified atom stereocenters. The van der Waals surface area contributed by atoms with Crippen LogP contribution in [0, 0.1) is 17.2 Å². The van der Waals surface area contributed by atoms with Gasteiger partial charge in [-0.05, 0) is 37.0 Å². The molecule has 15 heavy (non-hydrogen) atoms. The zero-order chi connectivity index (χ0) is 10.8. The highest BCUT2D eigenvalue weighted by Gasteiger charge is 2.33. The van der Waals surface area contributed by atoms with Crippen LogP contribution in [-0.2, 0) is 0 Å². The molecular formula is C13H16N2.